The first-order chi connectivity index (χ1) is 9.72. The molecule has 0 bridgehead atoms. The molecule has 6 heteroatoms. The van der Waals surface area contributed by atoms with Crippen molar-refractivity contribution in [3.05, 3.63) is 29.8 Å². The molecule has 3 rings (SSSR count). The summed E-state index contributed by atoms with van der Waals surface area (Å²) >= 11 is 0. The summed E-state index contributed by atoms with van der Waals surface area (Å²) in [4.78, 5) is 15.1. The highest BCUT2D eigenvalue weighted by molar-refractivity contribution is 5.58. The van der Waals surface area contributed by atoms with Crippen LogP contribution in [0.25, 0.3) is 11.4 Å². The van der Waals surface area contributed by atoms with Gasteiger partial charge in [-0.15, -0.1) is 0 Å². The lowest BCUT2D eigenvalue weighted by atomic mass is 10.1. The second-order valence-corrected chi connectivity index (χ2v) is 4.79. The van der Waals surface area contributed by atoms with Gasteiger partial charge in [-0.25, -0.2) is 0 Å². The Morgan fingerprint density at radius 3 is 2.70 bits per heavy atom. The third-order valence-corrected chi connectivity index (χ3v) is 3.21. The summed E-state index contributed by atoms with van der Waals surface area (Å²) in [6.07, 6.45) is 0. The Morgan fingerprint density at radius 1 is 1.15 bits per heavy atom. The molecule has 6 nitrogen and oxygen atoms in total. The predicted molar refractivity (Wildman–Crippen MR) is 77.4 cm³/mol. The molecule has 0 atom stereocenters. The molecule has 0 saturated carbocycles. The van der Waals surface area contributed by atoms with E-state index in [-0.39, 0.29) is 5.95 Å². The first-order valence-electron chi connectivity index (χ1n) is 6.64. The number of anilines is 2. The fraction of sp³-hybridized carbons (Fsp3) is 0.357. The van der Waals surface area contributed by atoms with Gasteiger partial charge in [0.1, 0.15) is 0 Å². The first kappa shape index (κ1) is 12.8. The minimum absolute atomic E-state index is 0.248. The monoisotopic (exact) mass is 271 g/mol. The quantitative estimate of drug-likeness (QED) is 0.886. The Labute approximate surface area is 117 Å². The molecule has 2 N–H and O–H groups in total. The van der Waals surface area contributed by atoms with Crippen molar-refractivity contribution in [1.29, 1.82) is 0 Å². The van der Waals surface area contributed by atoms with E-state index < -0.39 is 0 Å². The Bertz CT molecular complexity index is 610. The largest absolute Gasteiger partial charge is 0.378 e. The topological polar surface area (TPSA) is 77.2 Å². The van der Waals surface area contributed by atoms with Crippen molar-refractivity contribution < 1.29 is 4.74 Å². The lowest BCUT2D eigenvalue weighted by Gasteiger charge is -2.26. The van der Waals surface area contributed by atoms with Gasteiger partial charge in [0.05, 0.1) is 13.2 Å². The number of benzene rings is 1. The number of morpholine rings is 1. The number of nitrogens with two attached hydrogens (primary N) is 1. The molecule has 1 aromatic heterocycles. The normalized spacial score (nSPS) is 15.3. The van der Waals surface area contributed by atoms with Crippen LogP contribution in [-0.2, 0) is 4.74 Å². The van der Waals surface area contributed by atoms with E-state index in [1.807, 2.05) is 31.2 Å². The van der Waals surface area contributed by atoms with Gasteiger partial charge in [-0.05, 0) is 13.0 Å². The summed E-state index contributed by atoms with van der Waals surface area (Å²) in [5.74, 6) is 1.48. The highest BCUT2D eigenvalue weighted by Gasteiger charge is 2.16. The number of nitrogens with zero attached hydrogens (tertiary/aromatic N) is 4. The van der Waals surface area contributed by atoms with Gasteiger partial charge in [-0.3, -0.25) is 0 Å². The number of ether oxygens (including phenoxy) is 1. The zero-order valence-electron chi connectivity index (χ0n) is 11.4. The molecule has 1 fully saturated rings. The summed E-state index contributed by atoms with van der Waals surface area (Å²) < 4.78 is 5.34. The van der Waals surface area contributed by atoms with E-state index in [4.69, 9.17) is 10.5 Å². The standard InChI is InChI=1S/C14H17N5O/c1-10-3-2-4-11(9-10)12-16-13(15)18-14(17-12)19-5-7-20-8-6-19/h2-4,9H,5-8H2,1H3,(H2,15,16,17,18). The molecule has 104 valence electrons. The van der Waals surface area contributed by atoms with Gasteiger partial charge < -0.3 is 15.4 Å². The summed E-state index contributed by atoms with van der Waals surface area (Å²) in [7, 11) is 0. The van der Waals surface area contributed by atoms with Crippen molar-refractivity contribution in [3.8, 4) is 11.4 Å². The van der Waals surface area contributed by atoms with Crippen molar-refractivity contribution in [2.24, 2.45) is 0 Å². The molecule has 1 aliphatic heterocycles. The van der Waals surface area contributed by atoms with E-state index in [2.05, 4.69) is 19.9 Å². The summed E-state index contributed by atoms with van der Waals surface area (Å²) in [5.41, 5.74) is 7.94. The molecule has 0 aliphatic carbocycles. The third kappa shape index (κ3) is 2.70. The molecule has 0 amide bonds. The lowest BCUT2D eigenvalue weighted by molar-refractivity contribution is 0.122. The molecule has 2 heterocycles. The van der Waals surface area contributed by atoms with Crippen LogP contribution in [0.5, 0.6) is 0 Å². The molecule has 0 radical (unpaired) electrons. The van der Waals surface area contributed by atoms with Crippen molar-refractivity contribution in [2.45, 2.75) is 6.92 Å². The van der Waals surface area contributed by atoms with Crippen molar-refractivity contribution in [3.63, 3.8) is 0 Å². The van der Waals surface area contributed by atoms with E-state index in [1.165, 1.54) is 0 Å². The molecular formula is C14H17N5O. The summed E-state index contributed by atoms with van der Waals surface area (Å²) in [5, 5.41) is 0. The molecular weight excluding hydrogens is 254 g/mol. The smallest absolute Gasteiger partial charge is 0.230 e. The van der Waals surface area contributed by atoms with Crippen LogP contribution in [0.3, 0.4) is 0 Å². The fourth-order valence-electron chi connectivity index (χ4n) is 2.20. The zero-order valence-corrected chi connectivity index (χ0v) is 11.4. The lowest BCUT2D eigenvalue weighted by Crippen LogP contribution is -2.37. The van der Waals surface area contributed by atoms with Gasteiger partial charge in [0.15, 0.2) is 5.82 Å². The van der Waals surface area contributed by atoms with Crippen LogP contribution >= 0.6 is 0 Å². The van der Waals surface area contributed by atoms with Crippen molar-refractivity contribution in [1.82, 2.24) is 15.0 Å². The fourth-order valence-corrected chi connectivity index (χ4v) is 2.20. The van der Waals surface area contributed by atoms with Crippen molar-refractivity contribution in [2.75, 3.05) is 36.9 Å². The SMILES string of the molecule is Cc1cccc(-c2nc(N)nc(N3CCOCC3)n2)c1. The highest BCUT2D eigenvalue weighted by atomic mass is 16.5. The predicted octanol–water partition coefficient (Wildman–Crippen LogP) is 1.27. The minimum atomic E-state index is 0.248. The van der Waals surface area contributed by atoms with Crippen LogP contribution in [0.15, 0.2) is 24.3 Å². The van der Waals surface area contributed by atoms with Gasteiger partial charge in [-0.1, -0.05) is 23.8 Å². The van der Waals surface area contributed by atoms with E-state index in [1.54, 1.807) is 0 Å². The number of hydrogen-bond donors (Lipinski definition) is 1. The van der Waals surface area contributed by atoms with E-state index >= 15 is 0 Å². The van der Waals surface area contributed by atoms with Gasteiger partial charge >= 0.3 is 0 Å². The average Bonchev–Trinajstić information content (AvgIpc) is 2.47. The van der Waals surface area contributed by atoms with Gasteiger partial charge in [0, 0.05) is 18.7 Å². The Hall–Kier alpha value is -2.21. The Kier molecular flexibility index (Phi) is 3.47. The van der Waals surface area contributed by atoms with Gasteiger partial charge in [-0.2, -0.15) is 15.0 Å². The molecule has 0 spiro atoms. The molecule has 0 unspecified atom stereocenters. The number of rotatable bonds is 2. The zero-order chi connectivity index (χ0) is 13.9. The second-order valence-electron chi connectivity index (χ2n) is 4.79. The van der Waals surface area contributed by atoms with E-state index in [9.17, 15) is 0 Å². The van der Waals surface area contributed by atoms with Crippen LogP contribution in [-0.4, -0.2) is 41.3 Å². The maximum Gasteiger partial charge on any atom is 0.230 e. The summed E-state index contributed by atoms with van der Waals surface area (Å²) in [6, 6.07) is 8.04. The average molecular weight is 271 g/mol. The number of nitrogen functional groups attached to an aromatic ring is 1. The van der Waals surface area contributed by atoms with Crippen LogP contribution in [0.2, 0.25) is 0 Å². The number of hydrogen-bond acceptors (Lipinski definition) is 6. The van der Waals surface area contributed by atoms with Crippen molar-refractivity contribution >= 4 is 11.9 Å². The maximum absolute atomic E-state index is 5.82. The molecule has 20 heavy (non-hydrogen) atoms. The van der Waals surface area contributed by atoms with E-state index in [0.717, 1.165) is 24.2 Å². The number of aromatic nitrogens is 3. The molecule has 1 aromatic carbocycles. The minimum Gasteiger partial charge on any atom is -0.378 e. The molecule has 1 saturated heterocycles. The Balaban J connectivity index is 1.97. The van der Waals surface area contributed by atoms with Crippen LogP contribution in [0, 0.1) is 6.92 Å². The highest BCUT2D eigenvalue weighted by Crippen LogP contribution is 2.20. The van der Waals surface area contributed by atoms with Crippen LogP contribution in [0.4, 0.5) is 11.9 Å². The molecule has 1 aliphatic rings. The van der Waals surface area contributed by atoms with Gasteiger partial charge in [0.2, 0.25) is 11.9 Å². The maximum atomic E-state index is 5.82. The number of aryl methyl sites for hydroxylation is 1. The Morgan fingerprint density at radius 2 is 1.95 bits per heavy atom. The van der Waals surface area contributed by atoms with Crippen LogP contribution < -0.4 is 10.6 Å². The van der Waals surface area contributed by atoms with Crippen LogP contribution in [0.1, 0.15) is 5.56 Å². The molecule has 2 aromatic rings. The first-order valence-corrected chi connectivity index (χ1v) is 6.64. The van der Waals surface area contributed by atoms with Gasteiger partial charge in [0.25, 0.3) is 0 Å². The third-order valence-electron chi connectivity index (χ3n) is 3.21. The second kappa shape index (κ2) is 5.42. The van der Waals surface area contributed by atoms with E-state index in [0.29, 0.717) is 25.0 Å². The summed E-state index contributed by atoms with van der Waals surface area (Å²) in [6.45, 7) is 4.96.